The first-order chi connectivity index (χ1) is 9.08. The van der Waals surface area contributed by atoms with Gasteiger partial charge < -0.3 is 15.6 Å². The van der Waals surface area contributed by atoms with Crippen LogP contribution in [-0.4, -0.2) is 17.0 Å². The molecule has 0 aliphatic carbocycles. The second-order valence-corrected chi connectivity index (χ2v) is 3.80. The third-order valence-electron chi connectivity index (χ3n) is 2.46. The number of carboxylic acids is 1. The van der Waals surface area contributed by atoms with E-state index in [9.17, 15) is 9.59 Å². The largest absolute Gasteiger partial charge is 0.478 e. The van der Waals surface area contributed by atoms with E-state index in [0.717, 1.165) is 0 Å². The van der Waals surface area contributed by atoms with Crippen LogP contribution in [0.4, 0.5) is 0 Å². The van der Waals surface area contributed by atoms with Crippen molar-refractivity contribution in [1.82, 2.24) is 0 Å². The number of carbonyl (C=O) groups is 2. The molecule has 0 aromatic heterocycles. The number of amides is 1. The summed E-state index contributed by atoms with van der Waals surface area (Å²) >= 11 is 0. The van der Waals surface area contributed by atoms with E-state index in [1.165, 1.54) is 12.1 Å². The van der Waals surface area contributed by atoms with Gasteiger partial charge in [0.05, 0.1) is 11.1 Å². The van der Waals surface area contributed by atoms with E-state index < -0.39 is 11.9 Å². The fourth-order valence-electron chi connectivity index (χ4n) is 1.58. The summed E-state index contributed by atoms with van der Waals surface area (Å²) < 4.78 is 5.50. The van der Waals surface area contributed by atoms with Gasteiger partial charge in [0.1, 0.15) is 11.5 Å². The first kappa shape index (κ1) is 12.6. The van der Waals surface area contributed by atoms with Crippen molar-refractivity contribution in [3.8, 4) is 11.5 Å². The van der Waals surface area contributed by atoms with Crippen LogP contribution in [0.2, 0.25) is 0 Å². The highest BCUT2D eigenvalue weighted by molar-refractivity contribution is 5.95. The number of hydrogen-bond acceptors (Lipinski definition) is 3. The number of rotatable bonds is 4. The molecule has 0 fully saturated rings. The molecule has 0 aliphatic rings. The molecule has 0 saturated carbocycles. The fraction of sp³-hybridized carbons (Fsp3) is 0. The molecule has 0 spiro atoms. The van der Waals surface area contributed by atoms with E-state index in [4.69, 9.17) is 15.6 Å². The Bertz CT molecular complexity index is 637. The van der Waals surface area contributed by atoms with Crippen molar-refractivity contribution in [2.75, 3.05) is 0 Å². The lowest BCUT2D eigenvalue weighted by Crippen LogP contribution is -2.12. The molecule has 1 amide bonds. The minimum atomic E-state index is -1.05. The average Bonchev–Trinajstić information content (AvgIpc) is 2.39. The minimum absolute atomic E-state index is 0.106. The Morgan fingerprint density at radius 1 is 1.05 bits per heavy atom. The number of carbonyl (C=O) groups excluding carboxylic acids is 1. The van der Waals surface area contributed by atoms with Crippen LogP contribution >= 0.6 is 0 Å². The summed E-state index contributed by atoms with van der Waals surface area (Å²) in [6.07, 6.45) is 0. The first-order valence-corrected chi connectivity index (χ1v) is 5.48. The van der Waals surface area contributed by atoms with Crippen molar-refractivity contribution in [3.63, 3.8) is 0 Å². The number of primary amides is 1. The molecule has 2 aromatic carbocycles. The molecule has 0 radical (unpaired) electrons. The van der Waals surface area contributed by atoms with Gasteiger partial charge in [-0.05, 0) is 30.3 Å². The van der Waals surface area contributed by atoms with E-state index >= 15 is 0 Å². The molecule has 2 aromatic rings. The number of hydrogen-bond donors (Lipinski definition) is 2. The third-order valence-corrected chi connectivity index (χ3v) is 2.46. The minimum Gasteiger partial charge on any atom is -0.478 e. The van der Waals surface area contributed by atoms with Crippen LogP contribution in [0.15, 0.2) is 48.5 Å². The summed E-state index contributed by atoms with van der Waals surface area (Å²) in [7, 11) is 0. The smallest absolute Gasteiger partial charge is 0.335 e. The van der Waals surface area contributed by atoms with Crippen LogP contribution in [0.25, 0.3) is 0 Å². The molecule has 96 valence electrons. The Labute approximate surface area is 109 Å². The summed E-state index contributed by atoms with van der Waals surface area (Å²) in [5.41, 5.74) is 5.58. The number of ether oxygens (including phenoxy) is 1. The van der Waals surface area contributed by atoms with Gasteiger partial charge in [-0.1, -0.05) is 18.2 Å². The van der Waals surface area contributed by atoms with Gasteiger partial charge in [0.15, 0.2) is 0 Å². The van der Waals surface area contributed by atoms with Crippen LogP contribution in [0, 0.1) is 0 Å². The van der Waals surface area contributed by atoms with Gasteiger partial charge >= 0.3 is 5.97 Å². The molecule has 0 heterocycles. The highest BCUT2D eigenvalue weighted by atomic mass is 16.5. The molecular formula is C14H11NO4. The third kappa shape index (κ3) is 2.90. The fourth-order valence-corrected chi connectivity index (χ4v) is 1.58. The Morgan fingerprint density at radius 2 is 1.79 bits per heavy atom. The van der Waals surface area contributed by atoms with Crippen LogP contribution < -0.4 is 10.5 Å². The van der Waals surface area contributed by atoms with Crippen molar-refractivity contribution in [2.24, 2.45) is 5.73 Å². The van der Waals surface area contributed by atoms with E-state index in [0.29, 0.717) is 5.75 Å². The second kappa shape index (κ2) is 5.22. The van der Waals surface area contributed by atoms with Gasteiger partial charge in [-0.2, -0.15) is 0 Å². The molecule has 0 atom stereocenters. The zero-order valence-electron chi connectivity index (χ0n) is 9.87. The second-order valence-electron chi connectivity index (χ2n) is 3.80. The van der Waals surface area contributed by atoms with E-state index in [2.05, 4.69) is 0 Å². The van der Waals surface area contributed by atoms with Gasteiger partial charge in [0.2, 0.25) is 0 Å². The molecule has 19 heavy (non-hydrogen) atoms. The van der Waals surface area contributed by atoms with Crippen molar-refractivity contribution in [3.05, 3.63) is 59.7 Å². The van der Waals surface area contributed by atoms with Crippen LogP contribution in [0.1, 0.15) is 20.7 Å². The maximum atomic E-state index is 11.2. The Morgan fingerprint density at radius 3 is 2.47 bits per heavy atom. The summed E-state index contributed by atoms with van der Waals surface area (Å²) in [5, 5.41) is 8.89. The molecule has 0 saturated heterocycles. The van der Waals surface area contributed by atoms with Crippen molar-refractivity contribution >= 4 is 11.9 Å². The van der Waals surface area contributed by atoms with Gasteiger partial charge in [-0.25, -0.2) is 4.79 Å². The van der Waals surface area contributed by atoms with Crippen LogP contribution in [0.5, 0.6) is 11.5 Å². The van der Waals surface area contributed by atoms with Gasteiger partial charge in [-0.15, -0.1) is 0 Å². The van der Waals surface area contributed by atoms with Gasteiger partial charge in [0.25, 0.3) is 5.91 Å². The van der Waals surface area contributed by atoms with Crippen molar-refractivity contribution in [2.45, 2.75) is 0 Å². The monoisotopic (exact) mass is 257 g/mol. The number of nitrogens with two attached hydrogens (primary N) is 1. The zero-order valence-corrected chi connectivity index (χ0v) is 9.87. The molecule has 5 heteroatoms. The number of aromatic carboxylic acids is 1. The Hall–Kier alpha value is -2.82. The zero-order chi connectivity index (χ0) is 13.8. The maximum absolute atomic E-state index is 11.2. The Kier molecular flexibility index (Phi) is 3.47. The molecule has 5 nitrogen and oxygen atoms in total. The molecule has 0 unspecified atom stereocenters. The van der Waals surface area contributed by atoms with Crippen molar-refractivity contribution in [1.29, 1.82) is 0 Å². The summed E-state index contributed by atoms with van der Waals surface area (Å²) in [5.74, 6) is -1.04. The highest BCUT2D eigenvalue weighted by Crippen LogP contribution is 2.25. The summed E-state index contributed by atoms with van der Waals surface area (Å²) in [4.78, 5) is 22.1. The first-order valence-electron chi connectivity index (χ1n) is 5.48. The molecule has 2 rings (SSSR count). The average molecular weight is 257 g/mol. The number of benzene rings is 2. The van der Waals surface area contributed by atoms with E-state index in [1.807, 2.05) is 0 Å². The maximum Gasteiger partial charge on any atom is 0.335 e. The molecule has 0 aliphatic heterocycles. The highest BCUT2D eigenvalue weighted by Gasteiger charge is 2.10. The number of carboxylic acid groups (broad SMARTS) is 1. The summed E-state index contributed by atoms with van der Waals surface area (Å²) in [6, 6.07) is 12.5. The SMILES string of the molecule is NC(=O)c1ccccc1Oc1cccc(C(=O)O)c1. The standard InChI is InChI=1S/C14H11NO4/c15-13(16)11-6-1-2-7-12(11)19-10-5-3-4-9(8-10)14(17)18/h1-8H,(H2,15,16)(H,17,18). The topological polar surface area (TPSA) is 89.6 Å². The quantitative estimate of drug-likeness (QED) is 0.879. The van der Waals surface area contributed by atoms with E-state index in [-0.39, 0.29) is 16.9 Å². The predicted molar refractivity (Wildman–Crippen MR) is 68.4 cm³/mol. The summed E-state index contributed by atoms with van der Waals surface area (Å²) in [6.45, 7) is 0. The lowest BCUT2D eigenvalue weighted by Gasteiger charge is -2.09. The molecule has 0 bridgehead atoms. The van der Waals surface area contributed by atoms with Crippen LogP contribution in [-0.2, 0) is 0 Å². The van der Waals surface area contributed by atoms with E-state index in [1.54, 1.807) is 36.4 Å². The molecular weight excluding hydrogens is 246 g/mol. The van der Waals surface area contributed by atoms with Crippen LogP contribution in [0.3, 0.4) is 0 Å². The normalized spacial score (nSPS) is 9.89. The van der Waals surface area contributed by atoms with Crippen molar-refractivity contribution < 1.29 is 19.4 Å². The Balaban J connectivity index is 2.34. The number of para-hydroxylation sites is 1. The lowest BCUT2D eigenvalue weighted by atomic mass is 10.2. The lowest BCUT2D eigenvalue weighted by molar-refractivity contribution is 0.0696. The predicted octanol–water partition coefficient (Wildman–Crippen LogP) is 2.28. The van der Waals surface area contributed by atoms with Gasteiger partial charge in [0, 0.05) is 0 Å². The molecule has 3 N–H and O–H groups in total. The van der Waals surface area contributed by atoms with Gasteiger partial charge in [-0.3, -0.25) is 4.79 Å².